The van der Waals surface area contributed by atoms with Gasteiger partial charge in [-0.15, -0.1) is 0 Å². The molecule has 1 aromatic rings. The van der Waals surface area contributed by atoms with Crippen molar-refractivity contribution in [2.75, 3.05) is 17.3 Å². The van der Waals surface area contributed by atoms with Gasteiger partial charge in [0, 0.05) is 0 Å². The van der Waals surface area contributed by atoms with Gasteiger partial charge in [0.2, 0.25) is 0 Å². The quantitative estimate of drug-likeness (QED) is 0.315. The lowest BCUT2D eigenvalue weighted by Crippen LogP contribution is -2.26. The maximum absolute atomic E-state index is 11.7. The predicted octanol–water partition coefficient (Wildman–Crippen LogP) is 0.467. The van der Waals surface area contributed by atoms with Gasteiger partial charge in [-0.1, -0.05) is 11.6 Å². The molecule has 19 heavy (non-hydrogen) atoms. The van der Waals surface area contributed by atoms with E-state index in [1.165, 1.54) is 0 Å². The molecule has 0 unspecified atom stereocenters. The molecule has 0 aliphatic carbocycles. The molecular weight excluding hydrogens is 296 g/mol. The molecule has 0 aliphatic heterocycles. The third-order valence-electron chi connectivity index (χ3n) is 1.67. The van der Waals surface area contributed by atoms with Crippen molar-refractivity contribution in [3.63, 3.8) is 0 Å². The van der Waals surface area contributed by atoms with Crippen LogP contribution >= 0.6 is 23.6 Å². The number of carbonyl (C=O) groups excluding carboxylic acids is 2. The summed E-state index contributed by atoms with van der Waals surface area (Å²) in [5.74, 6) is -0.907. The molecule has 0 atom stereocenters. The van der Waals surface area contributed by atoms with Crippen molar-refractivity contribution in [3.8, 4) is 0 Å². The molecule has 102 valence electrons. The summed E-state index contributed by atoms with van der Waals surface area (Å²) in [6.45, 7) is 2.97. The third-order valence-corrected chi connectivity index (χ3v) is 2.47. The Morgan fingerprint density at radius 2 is 2.11 bits per heavy atom. The zero-order chi connectivity index (χ0) is 14.4. The number of nitrogens with two attached hydrogens (primary N) is 2. The zero-order valence-electron chi connectivity index (χ0n) is 9.42. The lowest BCUT2D eigenvalue weighted by molar-refractivity contribution is 0.0956. The first kappa shape index (κ1) is 15.0. The van der Waals surface area contributed by atoms with Gasteiger partial charge in [-0.05, 0) is 6.72 Å². The number of halogens is 1. The highest BCUT2D eigenvalue weighted by Gasteiger charge is 2.15. The van der Waals surface area contributed by atoms with Crippen molar-refractivity contribution in [2.45, 2.75) is 0 Å². The Kier molecular flexibility index (Phi) is 5.33. The Labute approximate surface area is 117 Å². The number of anilines is 2. The molecule has 1 aromatic heterocycles. The van der Waals surface area contributed by atoms with Crippen LogP contribution in [0.5, 0.6) is 0 Å². The molecule has 5 N–H and O–H groups in total. The Morgan fingerprint density at radius 3 is 2.74 bits per heavy atom. The van der Waals surface area contributed by atoms with Gasteiger partial charge in [-0.2, -0.15) is 4.99 Å². The predicted molar refractivity (Wildman–Crippen MR) is 71.8 cm³/mol. The minimum absolute atomic E-state index is 0.0385. The molecule has 0 aromatic carbocycles. The van der Waals surface area contributed by atoms with Gasteiger partial charge in [0.15, 0.2) is 22.5 Å². The van der Waals surface area contributed by atoms with Crippen molar-refractivity contribution >= 4 is 54.0 Å². The summed E-state index contributed by atoms with van der Waals surface area (Å²) >= 11 is 6.28. The van der Waals surface area contributed by atoms with Crippen LogP contribution in [0.2, 0.25) is 5.15 Å². The molecule has 0 spiro atoms. The van der Waals surface area contributed by atoms with Crippen LogP contribution in [0.15, 0.2) is 4.99 Å². The number of hydrogen-bond donors (Lipinski definition) is 3. The highest BCUT2D eigenvalue weighted by atomic mass is 35.5. The first-order valence-corrected chi connectivity index (χ1v) is 5.91. The summed E-state index contributed by atoms with van der Waals surface area (Å²) in [4.78, 5) is 32.6. The molecule has 0 saturated carbocycles. The van der Waals surface area contributed by atoms with E-state index in [-0.39, 0.29) is 28.4 Å². The maximum atomic E-state index is 11.7. The molecule has 1 heterocycles. The van der Waals surface area contributed by atoms with Crippen LogP contribution in [0.3, 0.4) is 0 Å². The highest BCUT2D eigenvalue weighted by molar-refractivity contribution is 7.95. The molecule has 0 saturated heterocycles. The summed E-state index contributed by atoms with van der Waals surface area (Å²) in [5.41, 5.74) is 10.7. The van der Waals surface area contributed by atoms with E-state index in [0.29, 0.717) is 12.0 Å². The van der Waals surface area contributed by atoms with Crippen LogP contribution in [-0.4, -0.2) is 34.6 Å². The van der Waals surface area contributed by atoms with E-state index in [9.17, 15) is 9.59 Å². The standard InChI is InChI=1S/C8H9ClN6O3S/c1-12-8(17)18-19-2-13-7(16)3-5(10)15-6(11)4(9)14-3/h1-2H2,(H,13,16)(H4,10,11,15). The summed E-state index contributed by atoms with van der Waals surface area (Å²) in [5, 5.41) is 2.24. The molecule has 0 aliphatic rings. The summed E-state index contributed by atoms with van der Waals surface area (Å²) in [6, 6.07) is 0. The van der Waals surface area contributed by atoms with E-state index in [2.05, 4.69) is 31.2 Å². The molecule has 0 fully saturated rings. The van der Waals surface area contributed by atoms with Gasteiger partial charge in [-0.3, -0.25) is 4.79 Å². The average molecular weight is 305 g/mol. The minimum atomic E-state index is -0.867. The second-order valence-electron chi connectivity index (χ2n) is 2.91. The number of carbonyl (C=O) groups is 2. The molecular formula is C8H9ClN6O3S. The fourth-order valence-corrected chi connectivity index (χ4v) is 1.42. The molecule has 2 amide bonds. The van der Waals surface area contributed by atoms with E-state index in [1.54, 1.807) is 0 Å². The van der Waals surface area contributed by atoms with Crippen LogP contribution in [0.1, 0.15) is 10.5 Å². The van der Waals surface area contributed by atoms with Crippen LogP contribution < -0.4 is 16.8 Å². The molecule has 0 radical (unpaired) electrons. The average Bonchev–Trinajstić information content (AvgIpc) is 2.38. The van der Waals surface area contributed by atoms with Crippen molar-refractivity contribution in [2.24, 2.45) is 4.99 Å². The number of nitrogens with zero attached hydrogens (tertiary/aromatic N) is 3. The number of aromatic nitrogens is 2. The first-order valence-electron chi connectivity index (χ1n) is 4.62. The van der Waals surface area contributed by atoms with Gasteiger partial charge < -0.3 is 21.0 Å². The van der Waals surface area contributed by atoms with E-state index in [1.807, 2.05) is 0 Å². The van der Waals surface area contributed by atoms with E-state index in [4.69, 9.17) is 23.1 Å². The van der Waals surface area contributed by atoms with E-state index in [0.717, 1.165) is 0 Å². The smallest absolute Gasteiger partial charge is 0.382 e. The number of nitrogens with one attached hydrogen (secondary N) is 1. The Hall–Kier alpha value is -2.07. The Morgan fingerprint density at radius 1 is 1.42 bits per heavy atom. The van der Waals surface area contributed by atoms with Crippen LogP contribution in [-0.2, 0) is 4.18 Å². The van der Waals surface area contributed by atoms with Crippen molar-refractivity contribution in [1.29, 1.82) is 0 Å². The second-order valence-corrected chi connectivity index (χ2v) is 3.96. The van der Waals surface area contributed by atoms with Gasteiger partial charge in [0.05, 0.1) is 12.0 Å². The Bertz CT molecular complexity index is 525. The molecule has 9 nitrogen and oxygen atoms in total. The summed E-state index contributed by atoms with van der Waals surface area (Å²) in [6.07, 6.45) is -0.867. The topological polar surface area (TPSA) is 146 Å². The van der Waals surface area contributed by atoms with Gasteiger partial charge in [0.1, 0.15) is 5.88 Å². The van der Waals surface area contributed by atoms with Crippen LogP contribution in [0.4, 0.5) is 16.4 Å². The molecule has 11 heteroatoms. The Balaban J connectivity index is 2.57. The molecule has 0 bridgehead atoms. The van der Waals surface area contributed by atoms with E-state index >= 15 is 0 Å². The van der Waals surface area contributed by atoms with Gasteiger partial charge in [-0.25, -0.2) is 14.8 Å². The van der Waals surface area contributed by atoms with Gasteiger partial charge >= 0.3 is 6.09 Å². The summed E-state index contributed by atoms with van der Waals surface area (Å²) < 4.78 is 4.47. The molecule has 1 rings (SSSR count). The first-order chi connectivity index (χ1) is 8.95. The third kappa shape index (κ3) is 4.26. The van der Waals surface area contributed by atoms with Crippen molar-refractivity contribution < 1.29 is 13.8 Å². The number of nitrogen functional groups attached to an aromatic ring is 2. The van der Waals surface area contributed by atoms with Gasteiger partial charge in [0.25, 0.3) is 5.91 Å². The second kappa shape index (κ2) is 6.75. The zero-order valence-corrected chi connectivity index (χ0v) is 11.0. The van der Waals surface area contributed by atoms with Crippen molar-refractivity contribution in [3.05, 3.63) is 10.8 Å². The van der Waals surface area contributed by atoms with Crippen molar-refractivity contribution in [1.82, 2.24) is 15.3 Å². The lowest BCUT2D eigenvalue weighted by atomic mass is 10.4. The SMILES string of the molecule is C=NC(=O)OSCNC(=O)c1nc(Cl)c(N)nc1N. The van der Waals surface area contributed by atoms with E-state index < -0.39 is 12.0 Å². The summed E-state index contributed by atoms with van der Waals surface area (Å²) in [7, 11) is 0. The lowest BCUT2D eigenvalue weighted by Gasteiger charge is -2.06. The number of hydrogen-bond acceptors (Lipinski definition) is 8. The highest BCUT2D eigenvalue weighted by Crippen LogP contribution is 2.17. The fourth-order valence-electron chi connectivity index (χ4n) is 0.894. The van der Waals surface area contributed by atoms with Crippen LogP contribution in [0, 0.1) is 0 Å². The number of aliphatic imine (C=N–C) groups is 1. The normalized spacial score (nSPS) is 9.74. The minimum Gasteiger partial charge on any atom is -0.382 e. The number of rotatable bonds is 4. The fraction of sp³-hybridized carbons (Fsp3) is 0.125. The maximum Gasteiger partial charge on any atom is 0.445 e. The largest absolute Gasteiger partial charge is 0.445 e. The van der Waals surface area contributed by atoms with Crippen LogP contribution in [0.25, 0.3) is 0 Å². The number of amides is 2. The monoisotopic (exact) mass is 304 g/mol.